The minimum Gasteiger partial charge on any atom is -0.361 e. The van der Waals surface area contributed by atoms with E-state index in [1.165, 1.54) is 0 Å². The Bertz CT molecular complexity index is 821. The molecule has 1 atom stereocenters. The van der Waals surface area contributed by atoms with E-state index >= 15 is 0 Å². The van der Waals surface area contributed by atoms with Crippen LogP contribution in [0.5, 0.6) is 0 Å². The van der Waals surface area contributed by atoms with Crippen molar-refractivity contribution in [1.82, 2.24) is 10.3 Å². The number of carbonyl (C=O) groups excluding carboxylic acids is 1. The smallest absolute Gasteiger partial charge is 0.230 e. The normalized spacial score (nSPS) is 21.1. The van der Waals surface area contributed by atoms with Gasteiger partial charge in [0.15, 0.2) is 9.84 Å². The maximum atomic E-state index is 12.7. The van der Waals surface area contributed by atoms with Crippen LogP contribution >= 0.6 is 0 Å². The molecule has 1 aromatic heterocycles. The highest BCUT2D eigenvalue weighted by Crippen LogP contribution is 2.31. The van der Waals surface area contributed by atoms with E-state index in [1.807, 2.05) is 44.3 Å². The van der Waals surface area contributed by atoms with Crippen molar-refractivity contribution in [3.8, 4) is 0 Å². The number of benzene rings is 1. The largest absolute Gasteiger partial charge is 0.361 e. The Hall–Kier alpha value is -1.82. The van der Waals surface area contributed by atoms with Gasteiger partial charge >= 0.3 is 0 Å². The standard InChI is InChI=1S/C16H20N2O3S/c1-16(2,13-9-17-14-6-4-3-5-12(13)14)15(19)18-11-7-8-22(20,21)10-11/h3-6,9,11,17H,7-8,10H2,1-2H3,(H,18,19). The quantitative estimate of drug-likeness (QED) is 0.904. The van der Waals surface area contributed by atoms with Crippen molar-refractivity contribution >= 4 is 26.6 Å². The maximum absolute atomic E-state index is 12.7. The first-order chi connectivity index (χ1) is 10.3. The van der Waals surface area contributed by atoms with Gasteiger partial charge in [0.25, 0.3) is 0 Å². The first-order valence-electron chi connectivity index (χ1n) is 7.37. The van der Waals surface area contributed by atoms with E-state index in [2.05, 4.69) is 10.3 Å². The Morgan fingerprint density at radius 1 is 1.32 bits per heavy atom. The number of aromatic amines is 1. The van der Waals surface area contributed by atoms with Gasteiger partial charge in [-0.3, -0.25) is 4.79 Å². The summed E-state index contributed by atoms with van der Waals surface area (Å²) in [5.74, 6) is 0.0631. The van der Waals surface area contributed by atoms with Gasteiger partial charge in [-0.2, -0.15) is 0 Å². The topological polar surface area (TPSA) is 79.0 Å². The zero-order valence-electron chi connectivity index (χ0n) is 12.7. The molecule has 0 radical (unpaired) electrons. The van der Waals surface area contributed by atoms with Gasteiger partial charge in [0.2, 0.25) is 5.91 Å². The van der Waals surface area contributed by atoms with Crippen LogP contribution in [0.25, 0.3) is 10.9 Å². The average molecular weight is 320 g/mol. The van der Waals surface area contributed by atoms with Crippen LogP contribution in [0.3, 0.4) is 0 Å². The molecule has 1 aliphatic rings. The Morgan fingerprint density at radius 2 is 2.05 bits per heavy atom. The Labute approximate surface area is 130 Å². The van der Waals surface area contributed by atoms with E-state index in [0.717, 1.165) is 16.5 Å². The Kier molecular flexibility index (Phi) is 3.51. The molecule has 118 valence electrons. The highest BCUT2D eigenvalue weighted by atomic mass is 32.2. The van der Waals surface area contributed by atoms with E-state index in [4.69, 9.17) is 0 Å². The molecule has 5 nitrogen and oxygen atoms in total. The molecule has 2 heterocycles. The second-order valence-corrected chi connectivity index (χ2v) is 8.68. The first-order valence-corrected chi connectivity index (χ1v) is 9.20. The number of sulfone groups is 1. The third-order valence-corrected chi connectivity index (χ3v) is 6.17. The average Bonchev–Trinajstić information content (AvgIpc) is 3.02. The number of carbonyl (C=O) groups is 1. The van der Waals surface area contributed by atoms with Gasteiger partial charge in [0.1, 0.15) is 0 Å². The molecule has 0 saturated carbocycles. The number of amides is 1. The lowest BCUT2D eigenvalue weighted by Crippen LogP contribution is -2.45. The Morgan fingerprint density at radius 3 is 2.73 bits per heavy atom. The first kappa shape index (κ1) is 15.1. The van der Waals surface area contributed by atoms with Crippen molar-refractivity contribution in [2.75, 3.05) is 11.5 Å². The highest BCUT2D eigenvalue weighted by molar-refractivity contribution is 7.91. The summed E-state index contributed by atoms with van der Waals surface area (Å²) in [6.07, 6.45) is 2.35. The lowest BCUT2D eigenvalue weighted by atomic mass is 9.83. The number of nitrogens with one attached hydrogen (secondary N) is 2. The predicted molar refractivity (Wildman–Crippen MR) is 86.5 cm³/mol. The molecule has 0 bridgehead atoms. The molecule has 6 heteroatoms. The molecule has 2 aromatic rings. The molecule has 1 amide bonds. The third kappa shape index (κ3) is 2.63. The second-order valence-electron chi connectivity index (χ2n) is 6.45. The van der Waals surface area contributed by atoms with Crippen LogP contribution in [-0.2, 0) is 20.0 Å². The molecule has 22 heavy (non-hydrogen) atoms. The summed E-state index contributed by atoms with van der Waals surface area (Å²) < 4.78 is 23.0. The summed E-state index contributed by atoms with van der Waals surface area (Å²) in [4.78, 5) is 15.8. The van der Waals surface area contributed by atoms with Gasteiger partial charge in [-0.25, -0.2) is 8.42 Å². The van der Waals surface area contributed by atoms with Crippen LogP contribution in [0.4, 0.5) is 0 Å². The van der Waals surface area contributed by atoms with Crippen molar-refractivity contribution < 1.29 is 13.2 Å². The van der Waals surface area contributed by atoms with E-state index in [1.54, 1.807) is 0 Å². The van der Waals surface area contributed by atoms with Crippen LogP contribution < -0.4 is 5.32 Å². The fraction of sp³-hybridized carbons (Fsp3) is 0.438. The maximum Gasteiger partial charge on any atom is 0.230 e. The number of aromatic nitrogens is 1. The summed E-state index contributed by atoms with van der Waals surface area (Å²) in [7, 11) is -3.00. The van der Waals surface area contributed by atoms with Crippen molar-refractivity contribution in [2.24, 2.45) is 0 Å². The van der Waals surface area contributed by atoms with Crippen LogP contribution in [0, 0.1) is 0 Å². The highest BCUT2D eigenvalue weighted by Gasteiger charge is 2.36. The van der Waals surface area contributed by atoms with Gasteiger partial charge < -0.3 is 10.3 Å². The van der Waals surface area contributed by atoms with Gasteiger partial charge in [-0.05, 0) is 31.9 Å². The number of hydrogen-bond acceptors (Lipinski definition) is 3. The predicted octanol–water partition coefficient (Wildman–Crippen LogP) is 1.75. The van der Waals surface area contributed by atoms with Crippen molar-refractivity contribution in [1.29, 1.82) is 0 Å². The molecular formula is C16H20N2O3S. The molecule has 1 aliphatic heterocycles. The van der Waals surface area contributed by atoms with Crippen molar-refractivity contribution in [3.63, 3.8) is 0 Å². The van der Waals surface area contributed by atoms with Gasteiger partial charge in [0, 0.05) is 23.1 Å². The van der Waals surface area contributed by atoms with Crippen molar-refractivity contribution in [3.05, 3.63) is 36.0 Å². The Balaban J connectivity index is 1.84. The molecular weight excluding hydrogens is 300 g/mol. The van der Waals surface area contributed by atoms with Crippen LogP contribution in [0.1, 0.15) is 25.8 Å². The molecule has 1 unspecified atom stereocenters. The summed E-state index contributed by atoms with van der Waals surface area (Å²) >= 11 is 0. The fourth-order valence-electron chi connectivity index (χ4n) is 2.99. The molecule has 2 N–H and O–H groups in total. The monoisotopic (exact) mass is 320 g/mol. The summed E-state index contributed by atoms with van der Waals surface area (Å²) in [6, 6.07) is 7.56. The van der Waals surface area contributed by atoms with Crippen LogP contribution in [0.15, 0.2) is 30.5 Å². The number of fused-ring (bicyclic) bond motifs is 1. The number of H-pyrrole nitrogens is 1. The lowest BCUT2D eigenvalue weighted by Gasteiger charge is -2.25. The summed E-state index contributed by atoms with van der Waals surface area (Å²) in [5.41, 5.74) is 1.18. The third-order valence-electron chi connectivity index (χ3n) is 4.40. The fourth-order valence-corrected chi connectivity index (χ4v) is 4.66. The van der Waals surface area contributed by atoms with Crippen LogP contribution in [0.2, 0.25) is 0 Å². The van der Waals surface area contributed by atoms with Gasteiger partial charge in [0.05, 0.1) is 16.9 Å². The molecule has 0 aliphatic carbocycles. The number of para-hydroxylation sites is 1. The molecule has 1 fully saturated rings. The van der Waals surface area contributed by atoms with E-state index in [9.17, 15) is 13.2 Å². The minimum absolute atomic E-state index is 0.0443. The molecule has 1 aromatic carbocycles. The summed E-state index contributed by atoms with van der Waals surface area (Å²) in [5, 5.41) is 3.91. The number of hydrogen-bond donors (Lipinski definition) is 2. The minimum atomic E-state index is -3.00. The molecule has 0 spiro atoms. The summed E-state index contributed by atoms with van der Waals surface area (Å²) in [6.45, 7) is 3.72. The number of rotatable bonds is 3. The molecule has 1 saturated heterocycles. The van der Waals surface area contributed by atoms with Gasteiger partial charge in [-0.15, -0.1) is 0 Å². The zero-order chi connectivity index (χ0) is 16.0. The van der Waals surface area contributed by atoms with E-state index < -0.39 is 15.3 Å². The zero-order valence-corrected chi connectivity index (χ0v) is 13.5. The van der Waals surface area contributed by atoms with Crippen LogP contribution in [-0.4, -0.2) is 36.9 Å². The van der Waals surface area contributed by atoms with Crippen molar-refractivity contribution in [2.45, 2.75) is 31.7 Å². The lowest BCUT2D eigenvalue weighted by molar-refractivity contribution is -0.126. The molecule has 3 rings (SSSR count). The second kappa shape index (κ2) is 5.12. The van der Waals surface area contributed by atoms with E-state index in [0.29, 0.717) is 6.42 Å². The SMILES string of the molecule is CC(C)(C(=O)NC1CCS(=O)(=O)C1)c1c[nH]c2ccccc12. The van der Waals surface area contributed by atoms with Gasteiger partial charge in [-0.1, -0.05) is 18.2 Å². The van der Waals surface area contributed by atoms with E-state index in [-0.39, 0.29) is 23.5 Å².